The molecule has 0 aliphatic carbocycles. The molecule has 3 rings (SSSR count). The van der Waals surface area contributed by atoms with Gasteiger partial charge in [-0.3, -0.25) is 0 Å². The second kappa shape index (κ2) is 8.82. The van der Waals surface area contributed by atoms with E-state index in [1.807, 2.05) is 19.9 Å². The summed E-state index contributed by atoms with van der Waals surface area (Å²) in [6, 6.07) is 10.8. The Kier molecular flexibility index (Phi) is 6.44. The third kappa shape index (κ3) is 5.38. The summed E-state index contributed by atoms with van der Waals surface area (Å²) in [5.74, 6) is 1.13. The van der Waals surface area contributed by atoms with E-state index in [2.05, 4.69) is 10.1 Å². The van der Waals surface area contributed by atoms with Crippen LogP contribution >= 0.6 is 23.2 Å². The van der Waals surface area contributed by atoms with Crippen LogP contribution in [0, 0.1) is 13.8 Å². The molecule has 0 saturated heterocycles. The van der Waals surface area contributed by atoms with Crippen molar-refractivity contribution in [2.45, 2.75) is 26.0 Å². The molecule has 1 atom stereocenters. The van der Waals surface area contributed by atoms with Gasteiger partial charge in [-0.1, -0.05) is 29.3 Å². The summed E-state index contributed by atoms with van der Waals surface area (Å²) in [6.45, 7) is 3.92. The van der Waals surface area contributed by atoms with Crippen LogP contribution in [0.4, 0.5) is 0 Å². The Balaban J connectivity index is 1.74. The largest absolute Gasteiger partial charge is 0.490 e. The SMILES string of the molecule is Cc1ccc(OCC(O)(COc2ccc(Cl)cc2C)Cn2cncn2)c(Cl)c1. The highest BCUT2D eigenvalue weighted by Crippen LogP contribution is 2.27. The lowest BCUT2D eigenvalue weighted by Gasteiger charge is -2.28. The molecule has 1 unspecified atom stereocenters. The van der Waals surface area contributed by atoms with Crippen molar-refractivity contribution in [2.24, 2.45) is 0 Å². The smallest absolute Gasteiger partial charge is 0.152 e. The van der Waals surface area contributed by atoms with Gasteiger partial charge in [0.15, 0.2) is 5.60 Å². The minimum absolute atomic E-state index is 0.0151. The van der Waals surface area contributed by atoms with Crippen molar-refractivity contribution in [2.75, 3.05) is 13.2 Å². The van der Waals surface area contributed by atoms with E-state index in [0.717, 1.165) is 11.1 Å². The molecule has 1 N–H and O–H groups in total. The van der Waals surface area contributed by atoms with Crippen molar-refractivity contribution in [3.05, 3.63) is 70.2 Å². The molecule has 0 fully saturated rings. The van der Waals surface area contributed by atoms with E-state index in [1.165, 1.54) is 17.3 Å². The molecule has 0 amide bonds. The fourth-order valence-electron chi connectivity index (χ4n) is 2.67. The molecule has 0 spiro atoms. The van der Waals surface area contributed by atoms with Gasteiger partial charge in [0.05, 0.1) is 11.6 Å². The highest BCUT2D eigenvalue weighted by molar-refractivity contribution is 6.32. The molecule has 1 heterocycles. The van der Waals surface area contributed by atoms with E-state index in [-0.39, 0.29) is 19.8 Å². The first kappa shape index (κ1) is 20.5. The Hall–Kier alpha value is -2.28. The number of aryl methyl sites for hydroxylation is 2. The zero-order valence-corrected chi connectivity index (χ0v) is 17.1. The molecule has 0 bridgehead atoms. The first-order valence-corrected chi connectivity index (χ1v) is 9.43. The number of rotatable bonds is 8. The highest BCUT2D eigenvalue weighted by Gasteiger charge is 2.31. The van der Waals surface area contributed by atoms with E-state index in [9.17, 15) is 5.11 Å². The molecule has 0 saturated carbocycles. The van der Waals surface area contributed by atoms with Gasteiger partial charge in [-0.25, -0.2) is 9.67 Å². The fraction of sp³-hybridized carbons (Fsp3) is 0.300. The van der Waals surface area contributed by atoms with Crippen LogP contribution in [0.1, 0.15) is 11.1 Å². The molecule has 0 radical (unpaired) electrons. The third-order valence-corrected chi connectivity index (χ3v) is 4.67. The Bertz CT molecular complexity index is 877. The van der Waals surface area contributed by atoms with Gasteiger partial charge in [0, 0.05) is 5.02 Å². The molecule has 148 valence electrons. The number of benzene rings is 2. The number of halogens is 2. The lowest BCUT2D eigenvalue weighted by molar-refractivity contribution is -0.0541. The molecule has 28 heavy (non-hydrogen) atoms. The molecule has 0 aliphatic rings. The average Bonchev–Trinajstić information content (AvgIpc) is 3.13. The maximum atomic E-state index is 11.2. The highest BCUT2D eigenvalue weighted by atomic mass is 35.5. The van der Waals surface area contributed by atoms with Gasteiger partial charge in [-0.15, -0.1) is 0 Å². The van der Waals surface area contributed by atoms with E-state index in [0.29, 0.717) is 21.5 Å². The maximum absolute atomic E-state index is 11.2. The van der Waals surface area contributed by atoms with E-state index in [4.69, 9.17) is 32.7 Å². The lowest BCUT2D eigenvalue weighted by Crippen LogP contribution is -2.46. The Morgan fingerprint density at radius 2 is 1.75 bits per heavy atom. The Morgan fingerprint density at radius 1 is 1.04 bits per heavy atom. The monoisotopic (exact) mass is 421 g/mol. The van der Waals surface area contributed by atoms with Crippen LogP contribution in [0.15, 0.2) is 49.1 Å². The van der Waals surface area contributed by atoms with Gasteiger partial charge in [-0.05, 0) is 55.3 Å². The summed E-state index contributed by atoms with van der Waals surface area (Å²) >= 11 is 12.2. The molecule has 2 aromatic carbocycles. The summed E-state index contributed by atoms with van der Waals surface area (Å²) in [5.41, 5.74) is 0.531. The normalized spacial score (nSPS) is 13.2. The van der Waals surface area contributed by atoms with Gasteiger partial charge < -0.3 is 14.6 Å². The minimum atomic E-state index is -1.37. The third-order valence-electron chi connectivity index (χ3n) is 4.14. The number of aliphatic hydroxyl groups is 1. The molecule has 8 heteroatoms. The number of hydrogen-bond donors (Lipinski definition) is 1. The number of aromatic nitrogens is 3. The molecular formula is C20H21Cl2N3O3. The average molecular weight is 422 g/mol. The van der Waals surface area contributed by atoms with Gasteiger partial charge in [0.2, 0.25) is 0 Å². The van der Waals surface area contributed by atoms with Crippen LogP contribution in [0.3, 0.4) is 0 Å². The summed E-state index contributed by atoms with van der Waals surface area (Å²) in [7, 11) is 0. The standard InChI is InChI=1S/C20H21Cl2N3O3/c1-14-3-5-19(17(22)7-14)28-11-20(26,9-25-13-23-12-24-25)10-27-18-6-4-16(21)8-15(18)2/h3-8,12-13,26H,9-11H2,1-2H3. The lowest BCUT2D eigenvalue weighted by atomic mass is 10.1. The van der Waals surface area contributed by atoms with Gasteiger partial charge >= 0.3 is 0 Å². The van der Waals surface area contributed by atoms with Gasteiger partial charge in [0.25, 0.3) is 0 Å². The molecule has 1 aromatic heterocycles. The molecule has 6 nitrogen and oxygen atoms in total. The summed E-state index contributed by atoms with van der Waals surface area (Å²) in [4.78, 5) is 3.91. The van der Waals surface area contributed by atoms with Crippen molar-refractivity contribution in [1.29, 1.82) is 0 Å². The quantitative estimate of drug-likeness (QED) is 0.592. The van der Waals surface area contributed by atoms with Crippen molar-refractivity contribution in [3.63, 3.8) is 0 Å². The first-order chi connectivity index (χ1) is 13.3. The van der Waals surface area contributed by atoms with Crippen molar-refractivity contribution < 1.29 is 14.6 Å². The minimum Gasteiger partial charge on any atom is -0.490 e. The van der Waals surface area contributed by atoms with Crippen LogP contribution in [0.5, 0.6) is 11.5 Å². The van der Waals surface area contributed by atoms with Crippen LogP contribution in [0.2, 0.25) is 10.0 Å². The molecule has 3 aromatic rings. The maximum Gasteiger partial charge on any atom is 0.152 e. The van der Waals surface area contributed by atoms with Crippen LogP contribution in [0.25, 0.3) is 0 Å². The van der Waals surface area contributed by atoms with Crippen LogP contribution in [-0.4, -0.2) is 38.7 Å². The van der Waals surface area contributed by atoms with E-state index in [1.54, 1.807) is 30.3 Å². The zero-order valence-electron chi connectivity index (χ0n) is 15.6. The zero-order chi connectivity index (χ0) is 20.1. The van der Waals surface area contributed by atoms with Crippen molar-refractivity contribution >= 4 is 23.2 Å². The van der Waals surface area contributed by atoms with E-state index >= 15 is 0 Å². The van der Waals surface area contributed by atoms with E-state index < -0.39 is 5.60 Å². The first-order valence-electron chi connectivity index (χ1n) is 8.67. The Labute approximate surface area is 173 Å². The second-order valence-corrected chi connectivity index (χ2v) is 7.58. The van der Waals surface area contributed by atoms with Crippen molar-refractivity contribution in [3.8, 4) is 11.5 Å². The van der Waals surface area contributed by atoms with Gasteiger partial charge in [-0.2, -0.15) is 5.10 Å². The predicted octanol–water partition coefficient (Wildman–Crippen LogP) is 4.09. The number of ether oxygens (including phenoxy) is 2. The Morgan fingerprint density at radius 3 is 2.39 bits per heavy atom. The van der Waals surface area contributed by atoms with Crippen LogP contribution < -0.4 is 9.47 Å². The number of nitrogens with zero attached hydrogens (tertiary/aromatic N) is 3. The predicted molar refractivity (Wildman–Crippen MR) is 108 cm³/mol. The summed E-state index contributed by atoms with van der Waals surface area (Å²) in [5, 5.41) is 16.4. The topological polar surface area (TPSA) is 69.4 Å². The summed E-state index contributed by atoms with van der Waals surface area (Å²) in [6.07, 6.45) is 2.93. The second-order valence-electron chi connectivity index (χ2n) is 6.74. The fourth-order valence-corrected chi connectivity index (χ4v) is 3.19. The van der Waals surface area contributed by atoms with Crippen molar-refractivity contribution in [1.82, 2.24) is 14.8 Å². The molecule has 0 aliphatic heterocycles. The molecular weight excluding hydrogens is 401 g/mol. The summed E-state index contributed by atoms with van der Waals surface area (Å²) < 4.78 is 13.2. The van der Waals surface area contributed by atoms with Gasteiger partial charge in [0.1, 0.15) is 37.4 Å². The number of hydrogen-bond acceptors (Lipinski definition) is 5. The van der Waals surface area contributed by atoms with Crippen LogP contribution in [-0.2, 0) is 6.54 Å².